The molecule has 1 aliphatic rings. The van der Waals surface area contributed by atoms with E-state index in [-0.39, 0.29) is 21.8 Å². The number of nitrogens with one attached hydrogen (secondary N) is 2. The van der Waals surface area contributed by atoms with Crippen LogP contribution in [0.3, 0.4) is 0 Å². The molecule has 0 radical (unpaired) electrons. The lowest BCUT2D eigenvalue weighted by Crippen LogP contribution is -2.34. The number of rotatable bonds is 3. The van der Waals surface area contributed by atoms with E-state index >= 15 is 0 Å². The van der Waals surface area contributed by atoms with Crippen LogP contribution in [-0.4, -0.2) is 15.9 Å². The average Bonchev–Trinajstić information content (AvgIpc) is 3.03. The maximum Gasteiger partial charge on any atom is 0.273 e. The van der Waals surface area contributed by atoms with Gasteiger partial charge < -0.3 is 5.32 Å². The van der Waals surface area contributed by atoms with Crippen LogP contribution in [-0.2, 0) is 12.8 Å². The molecule has 9 heteroatoms. The van der Waals surface area contributed by atoms with Gasteiger partial charge in [-0.2, -0.15) is 5.26 Å². The number of carbonyl (C=O) groups is 1. The number of thiophene rings is 1. The fraction of sp³-hybridized carbons (Fsp3) is 0.409. The van der Waals surface area contributed by atoms with Crippen molar-refractivity contribution in [1.82, 2.24) is 5.32 Å². The summed E-state index contributed by atoms with van der Waals surface area (Å²) >= 11 is 6.78. The summed E-state index contributed by atoms with van der Waals surface area (Å²) in [5.74, 6) is -0.00440. The number of aryl methyl sites for hydroxylation is 1. The van der Waals surface area contributed by atoms with Gasteiger partial charge in [0.05, 0.1) is 10.5 Å². The van der Waals surface area contributed by atoms with Crippen molar-refractivity contribution in [2.45, 2.75) is 47.0 Å². The molecule has 0 fully saturated rings. The Morgan fingerprint density at radius 1 is 1.39 bits per heavy atom. The number of nitrogens with zero attached hydrogens (tertiary/aromatic N) is 2. The molecule has 3 rings (SSSR count). The highest BCUT2D eigenvalue weighted by molar-refractivity contribution is 7.80. The van der Waals surface area contributed by atoms with Crippen molar-refractivity contribution in [3.05, 3.63) is 55.4 Å². The number of fused-ring (bicyclic) bond motifs is 1. The van der Waals surface area contributed by atoms with Crippen molar-refractivity contribution in [1.29, 1.82) is 5.26 Å². The van der Waals surface area contributed by atoms with Gasteiger partial charge in [0.1, 0.15) is 11.1 Å². The molecule has 162 valence electrons. The minimum Gasteiger partial charge on any atom is -0.323 e. The Morgan fingerprint density at radius 3 is 2.71 bits per heavy atom. The molecule has 0 bridgehead atoms. The van der Waals surface area contributed by atoms with Crippen LogP contribution in [0.5, 0.6) is 0 Å². The zero-order valence-electron chi connectivity index (χ0n) is 17.9. The van der Waals surface area contributed by atoms with Crippen LogP contribution in [0.4, 0.5) is 10.7 Å². The number of nitriles is 1. The van der Waals surface area contributed by atoms with Crippen LogP contribution < -0.4 is 10.6 Å². The predicted molar refractivity (Wildman–Crippen MR) is 126 cm³/mol. The minimum atomic E-state index is -0.548. The van der Waals surface area contributed by atoms with Crippen LogP contribution >= 0.6 is 23.6 Å². The number of hydrogen-bond acceptors (Lipinski definition) is 6. The van der Waals surface area contributed by atoms with Crippen LogP contribution in [0.15, 0.2) is 18.2 Å². The highest BCUT2D eigenvalue weighted by atomic mass is 32.1. The number of benzene rings is 1. The highest BCUT2D eigenvalue weighted by Crippen LogP contribution is 2.43. The van der Waals surface area contributed by atoms with Crippen molar-refractivity contribution in [3.63, 3.8) is 0 Å². The third kappa shape index (κ3) is 4.92. The first-order valence-electron chi connectivity index (χ1n) is 9.93. The fourth-order valence-electron chi connectivity index (χ4n) is 3.79. The SMILES string of the molecule is Cc1ccc(C(=O)NC(=S)Nc2sc3c(c2C#N)CC[C@@H](C(C)(C)C)C3)cc1[N+](=O)[O-]. The van der Waals surface area contributed by atoms with Crippen LogP contribution in [0.2, 0.25) is 0 Å². The number of thiocarbonyl (C=S) groups is 1. The van der Waals surface area contributed by atoms with Crippen LogP contribution in [0, 0.1) is 39.7 Å². The van der Waals surface area contributed by atoms with E-state index in [1.54, 1.807) is 6.92 Å². The second-order valence-electron chi connectivity index (χ2n) is 8.79. The van der Waals surface area contributed by atoms with E-state index in [2.05, 4.69) is 37.5 Å². The van der Waals surface area contributed by atoms with Gasteiger partial charge in [-0.05, 0) is 61.4 Å². The van der Waals surface area contributed by atoms with Gasteiger partial charge in [0, 0.05) is 22.1 Å². The van der Waals surface area contributed by atoms with E-state index in [0.29, 0.717) is 22.0 Å². The molecular formula is C22H24N4O3S2. The maximum atomic E-state index is 12.5. The first kappa shape index (κ1) is 22.8. The third-order valence-corrected chi connectivity index (χ3v) is 7.10. The van der Waals surface area contributed by atoms with E-state index in [4.69, 9.17) is 12.2 Å². The summed E-state index contributed by atoms with van der Waals surface area (Å²) in [6.45, 7) is 8.32. The summed E-state index contributed by atoms with van der Waals surface area (Å²) < 4.78 is 0. The summed E-state index contributed by atoms with van der Waals surface area (Å²) in [7, 11) is 0. The monoisotopic (exact) mass is 456 g/mol. The molecule has 0 spiro atoms. The van der Waals surface area contributed by atoms with Gasteiger partial charge in [-0.15, -0.1) is 11.3 Å². The average molecular weight is 457 g/mol. The van der Waals surface area contributed by atoms with E-state index < -0.39 is 10.8 Å². The quantitative estimate of drug-likeness (QED) is 0.377. The van der Waals surface area contributed by atoms with Gasteiger partial charge in [0.25, 0.3) is 11.6 Å². The van der Waals surface area contributed by atoms with E-state index in [1.165, 1.54) is 34.4 Å². The highest BCUT2D eigenvalue weighted by Gasteiger charge is 2.32. The van der Waals surface area contributed by atoms with Gasteiger partial charge in [-0.25, -0.2) is 0 Å². The summed E-state index contributed by atoms with van der Waals surface area (Å²) in [6.07, 6.45) is 2.81. The minimum absolute atomic E-state index is 0.0516. The summed E-state index contributed by atoms with van der Waals surface area (Å²) in [6, 6.07) is 6.54. The first-order valence-corrected chi connectivity index (χ1v) is 11.2. The lowest BCUT2D eigenvalue weighted by atomic mass is 9.72. The molecule has 1 atom stereocenters. The molecule has 1 amide bonds. The molecule has 1 heterocycles. The largest absolute Gasteiger partial charge is 0.323 e. The predicted octanol–water partition coefficient (Wildman–Crippen LogP) is 5.11. The Kier molecular flexibility index (Phi) is 6.43. The molecule has 1 aromatic heterocycles. The molecule has 2 N–H and O–H groups in total. The maximum absolute atomic E-state index is 12.5. The van der Waals surface area contributed by atoms with Crippen LogP contribution in [0.1, 0.15) is 59.1 Å². The summed E-state index contributed by atoms with van der Waals surface area (Å²) in [5.41, 5.74) is 2.33. The summed E-state index contributed by atoms with van der Waals surface area (Å²) in [4.78, 5) is 24.3. The van der Waals surface area contributed by atoms with Gasteiger partial charge in [-0.3, -0.25) is 20.2 Å². The normalized spacial score (nSPS) is 15.5. The smallest absolute Gasteiger partial charge is 0.273 e. The molecule has 0 saturated heterocycles. The molecule has 7 nitrogen and oxygen atoms in total. The number of hydrogen-bond donors (Lipinski definition) is 2. The molecule has 0 saturated carbocycles. The Balaban J connectivity index is 1.75. The second-order valence-corrected chi connectivity index (χ2v) is 10.3. The molecule has 2 aromatic rings. The lowest BCUT2D eigenvalue weighted by molar-refractivity contribution is -0.385. The zero-order chi connectivity index (χ0) is 22.9. The molecule has 1 aromatic carbocycles. The van der Waals surface area contributed by atoms with E-state index in [1.807, 2.05) is 0 Å². The molecule has 1 aliphatic carbocycles. The number of carbonyl (C=O) groups excluding carboxylic acids is 1. The Hall–Kier alpha value is -2.83. The number of amides is 1. The number of nitro benzene ring substituents is 1. The Labute approximate surface area is 190 Å². The standard InChI is InChI=1S/C22H24N4O3S2/c1-12-5-6-13(9-17(12)26(28)29)19(27)24-21(30)25-20-16(11-23)15-8-7-14(22(2,3)4)10-18(15)31-20/h5-6,9,14H,7-8,10H2,1-4H3,(H2,24,25,27,30)/t14-/m1/s1. The first-order chi connectivity index (χ1) is 14.5. The second kappa shape index (κ2) is 8.73. The number of anilines is 1. The fourth-order valence-corrected chi connectivity index (χ4v) is 5.33. The van der Waals surface area contributed by atoms with E-state index in [0.717, 1.165) is 24.8 Å². The van der Waals surface area contributed by atoms with E-state index in [9.17, 15) is 20.2 Å². The molecule has 31 heavy (non-hydrogen) atoms. The van der Waals surface area contributed by atoms with Gasteiger partial charge in [0.15, 0.2) is 5.11 Å². The Morgan fingerprint density at radius 2 is 2.10 bits per heavy atom. The zero-order valence-corrected chi connectivity index (χ0v) is 19.5. The van der Waals surface area contributed by atoms with Crippen molar-refractivity contribution in [2.24, 2.45) is 11.3 Å². The number of nitro groups is 1. The van der Waals surface area contributed by atoms with Crippen LogP contribution in [0.25, 0.3) is 0 Å². The lowest BCUT2D eigenvalue weighted by Gasteiger charge is -2.33. The Bertz CT molecular complexity index is 1110. The van der Waals surface area contributed by atoms with Gasteiger partial charge in [0.2, 0.25) is 0 Å². The van der Waals surface area contributed by atoms with Gasteiger partial charge in [-0.1, -0.05) is 26.8 Å². The topological polar surface area (TPSA) is 108 Å². The van der Waals surface area contributed by atoms with Crippen molar-refractivity contribution in [2.75, 3.05) is 5.32 Å². The molecular weight excluding hydrogens is 432 g/mol. The van der Waals surface area contributed by atoms with Crippen molar-refractivity contribution >= 4 is 45.3 Å². The summed E-state index contributed by atoms with van der Waals surface area (Å²) in [5, 5.41) is 27.0. The third-order valence-electron chi connectivity index (χ3n) is 5.72. The molecule has 0 unspecified atom stereocenters. The molecule has 0 aliphatic heterocycles. The van der Waals surface area contributed by atoms with Crippen molar-refractivity contribution in [3.8, 4) is 6.07 Å². The van der Waals surface area contributed by atoms with Gasteiger partial charge >= 0.3 is 0 Å². The van der Waals surface area contributed by atoms with Crippen molar-refractivity contribution < 1.29 is 9.72 Å².